The van der Waals surface area contributed by atoms with Gasteiger partial charge in [-0.05, 0) is 30.2 Å². The topological polar surface area (TPSA) is 71.1 Å². The summed E-state index contributed by atoms with van der Waals surface area (Å²) in [7, 11) is 0. The van der Waals surface area contributed by atoms with Gasteiger partial charge in [-0.2, -0.15) is 0 Å². The molecule has 1 unspecified atom stereocenters. The maximum absolute atomic E-state index is 11.9. The van der Waals surface area contributed by atoms with Gasteiger partial charge in [-0.25, -0.2) is 0 Å². The second-order valence-corrected chi connectivity index (χ2v) is 5.01. The molecule has 2 rings (SSSR count). The van der Waals surface area contributed by atoms with Gasteiger partial charge in [0.05, 0.1) is 6.04 Å². The van der Waals surface area contributed by atoms with E-state index in [0.717, 1.165) is 11.1 Å². The Kier molecular flexibility index (Phi) is 5.65. The van der Waals surface area contributed by atoms with Crippen LogP contribution in [0.4, 0.5) is 0 Å². The summed E-state index contributed by atoms with van der Waals surface area (Å²) in [6.07, 6.45) is 3.15. The molecular formula is C17H19N3O2. The van der Waals surface area contributed by atoms with Crippen LogP contribution < -0.4 is 10.6 Å². The zero-order valence-corrected chi connectivity index (χ0v) is 12.5. The van der Waals surface area contributed by atoms with E-state index in [2.05, 4.69) is 15.6 Å². The summed E-state index contributed by atoms with van der Waals surface area (Å²) in [4.78, 5) is 27.5. The van der Waals surface area contributed by atoms with E-state index < -0.39 is 0 Å². The third-order valence-corrected chi connectivity index (χ3v) is 3.24. The van der Waals surface area contributed by atoms with E-state index >= 15 is 0 Å². The lowest BCUT2D eigenvalue weighted by atomic mass is 10.1. The molecule has 114 valence electrons. The predicted octanol–water partition coefficient (Wildman–Crippen LogP) is 1.97. The minimum absolute atomic E-state index is 0.123. The monoisotopic (exact) mass is 297 g/mol. The predicted molar refractivity (Wildman–Crippen MR) is 83.7 cm³/mol. The van der Waals surface area contributed by atoms with Crippen molar-refractivity contribution < 1.29 is 9.59 Å². The van der Waals surface area contributed by atoms with E-state index in [9.17, 15) is 9.59 Å². The summed E-state index contributed by atoms with van der Waals surface area (Å²) in [5.41, 5.74) is 1.95. The molecule has 0 fully saturated rings. The van der Waals surface area contributed by atoms with Crippen molar-refractivity contribution in [3.63, 3.8) is 0 Å². The molecule has 0 spiro atoms. The van der Waals surface area contributed by atoms with Gasteiger partial charge in [0.2, 0.25) is 11.8 Å². The highest BCUT2D eigenvalue weighted by Gasteiger charge is 2.12. The molecule has 0 saturated heterocycles. The smallest absolute Gasteiger partial charge is 0.229 e. The molecule has 0 aliphatic rings. The van der Waals surface area contributed by atoms with Crippen LogP contribution in [0.1, 0.15) is 30.5 Å². The molecule has 2 aromatic rings. The van der Waals surface area contributed by atoms with E-state index in [1.807, 2.05) is 49.4 Å². The van der Waals surface area contributed by atoms with Crippen molar-refractivity contribution in [1.82, 2.24) is 15.6 Å². The van der Waals surface area contributed by atoms with Gasteiger partial charge in [0.1, 0.15) is 6.42 Å². The Balaban J connectivity index is 1.75. The average Bonchev–Trinajstić information content (AvgIpc) is 2.54. The Bertz CT molecular complexity index is 614. The molecule has 0 radical (unpaired) electrons. The minimum Gasteiger partial charge on any atom is -0.352 e. The Morgan fingerprint density at radius 2 is 1.73 bits per heavy atom. The number of hydrogen-bond acceptors (Lipinski definition) is 3. The van der Waals surface area contributed by atoms with Crippen molar-refractivity contribution >= 4 is 11.8 Å². The van der Waals surface area contributed by atoms with Gasteiger partial charge in [0.25, 0.3) is 0 Å². The van der Waals surface area contributed by atoms with Crippen LogP contribution in [0.2, 0.25) is 0 Å². The quantitative estimate of drug-likeness (QED) is 0.801. The van der Waals surface area contributed by atoms with Crippen LogP contribution >= 0.6 is 0 Å². The molecule has 1 atom stereocenters. The third kappa shape index (κ3) is 5.01. The Morgan fingerprint density at radius 3 is 2.41 bits per heavy atom. The summed E-state index contributed by atoms with van der Waals surface area (Å²) in [6.45, 7) is 2.28. The summed E-state index contributed by atoms with van der Waals surface area (Å²) in [5, 5.41) is 5.53. The molecule has 5 heteroatoms. The lowest BCUT2D eigenvalue weighted by Crippen LogP contribution is -2.33. The molecular weight excluding hydrogens is 278 g/mol. The summed E-state index contributed by atoms with van der Waals surface area (Å²) >= 11 is 0. The summed E-state index contributed by atoms with van der Waals surface area (Å²) < 4.78 is 0. The standard InChI is InChI=1S/C17H19N3O2/c1-13(15-5-3-2-4-6-15)20-17(22)11-16(21)19-12-14-7-9-18-10-8-14/h2-10,13H,11-12H2,1H3,(H,19,21)(H,20,22). The van der Waals surface area contributed by atoms with Gasteiger partial charge in [0, 0.05) is 18.9 Å². The number of rotatable bonds is 6. The van der Waals surface area contributed by atoms with E-state index in [1.54, 1.807) is 12.4 Å². The highest BCUT2D eigenvalue weighted by atomic mass is 16.2. The first kappa shape index (κ1) is 15.7. The fourth-order valence-electron chi connectivity index (χ4n) is 2.03. The number of pyridine rings is 1. The number of nitrogens with zero attached hydrogens (tertiary/aromatic N) is 1. The molecule has 1 aromatic heterocycles. The van der Waals surface area contributed by atoms with Crippen molar-refractivity contribution in [3.05, 3.63) is 66.0 Å². The van der Waals surface area contributed by atoms with Crippen molar-refractivity contribution in [1.29, 1.82) is 0 Å². The van der Waals surface area contributed by atoms with Gasteiger partial charge in [0.15, 0.2) is 0 Å². The number of amides is 2. The maximum atomic E-state index is 11.9. The van der Waals surface area contributed by atoms with Gasteiger partial charge < -0.3 is 10.6 Å². The van der Waals surface area contributed by atoms with Crippen LogP contribution in [0.5, 0.6) is 0 Å². The molecule has 2 N–H and O–H groups in total. The van der Waals surface area contributed by atoms with E-state index in [-0.39, 0.29) is 24.3 Å². The first-order chi connectivity index (χ1) is 10.6. The Hall–Kier alpha value is -2.69. The fourth-order valence-corrected chi connectivity index (χ4v) is 2.03. The molecule has 1 heterocycles. The molecule has 0 aliphatic heterocycles. The number of nitrogens with one attached hydrogen (secondary N) is 2. The van der Waals surface area contributed by atoms with Crippen molar-refractivity contribution in [2.24, 2.45) is 0 Å². The van der Waals surface area contributed by atoms with Crippen molar-refractivity contribution in [2.75, 3.05) is 0 Å². The molecule has 22 heavy (non-hydrogen) atoms. The Labute approximate surface area is 129 Å². The van der Waals surface area contributed by atoms with Crippen molar-refractivity contribution in [2.45, 2.75) is 25.9 Å². The lowest BCUT2D eigenvalue weighted by molar-refractivity contribution is -0.129. The lowest BCUT2D eigenvalue weighted by Gasteiger charge is -2.14. The van der Waals surface area contributed by atoms with Gasteiger partial charge in [-0.1, -0.05) is 30.3 Å². The number of hydrogen-bond donors (Lipinski definition) is 2. The first-order valence-electron chi connectivity index (χ1n) is 7.15. The van der Waals surface area contributed by atoms with Crippen LogP contribution in [0, 0.1) is 0 Å². The number of benzene rings is 1. The molecule has 0 aliphatic carbocycles. The van der Waals surface area contributed by atoms with Crippen LogP contribution in [0.25, 0.3) is 0 Å². The Morgan fingerprint density at radius 1 is 1.05 bits per heavy atom. The highest BCUT2D eigenvalue weighted by Crippen LogP contribution is 2.10. The highest BCUT2D eigenvalue weighted by molar-refractivity contribution is 5.96. The average molecular weight is 297 g/mol. The third-order valence-electron chi connectivity index (χ3n) is 3.24. The SMILES string of the molecule is CC(NC(=O)CC(=O)NCc1ccncc1)c1ccccc1. The molecule has 2 amide bonds. The van der Waals surface area contributed by atoms with E-state index in [0.29, 0.717) is 6.54 Å². The number of carbonyl (C=O) groups excluding carboxylic acids is 2. The normalized spacial score (nSPS) is 11.5. The minimum atomic E-state index is -0.297. The van der Waals surface area contributed by atoms with Crippen molar-refractivity contribution in [3.8, 4) is 0 Å². The van der Waals surface area contributed by atoms with Crippen LogP contribution in [0.3, 0.4) is 0 Å². The second kappa shape index (κ2) is 7.93. The molecule has 0 bridgehead atoms. The van der Waals surface area contributed by atoms with Crippen LogP contribution in [-0.4, -0.2) is 16.8 Å². The summed E-state index contributed by atoms with van der Waals surface area (Å²) in [5.74, 6) is -0.585. The van der Waals surface area contributed by atoms with Crippen LogP contribution in [-0.2, 0) is 16.1 Å². The molecule has 1 aromatic carbocycles. The van der Waals surface area contributed by atoms with Gasteiger partial charge in [-0.15, -0.1) is 0 Å². The molecule has 0 saturated carbocycles. The number of carbonyl (C=O) groups is 2. The number of aromatic nitrogens is 1. The largest absolute Gasteiger partial charge is 0.352 e. The molecule has 5 nitrogen and oxygen atoms in total. The van der Waals surface area contributed by atoms with Gasteiger partial charge >= 0.3 is 0 Å². The van der Waals surface area contributed by atoms with Crippen LogP contribution in [0.15, 0.2) is 54.9 Å². The zero-order valence-electron chi connectivity index (χ0n) is 12.5. The second-order valence-electron chi connectivity index (χ2n) is 5.01. The maximum Gasteiger partial charge on any atom is 0.229 e. The summed E-state index contributed by atoms with van der Waals surface area (Å²) in [6, 6.07) is 13.1. The van der Waals surface area contributed by atoms with E-state index in [1.165, 1.54) is 0 Å². The van der Waals surface area contributed by atoms with Gasteiger partial charge in [-0.3, -0.25) is 14.6 Å². The van der Waals surface area contributed by atoms with E-state index in [4.69, 9.17) is 0 Å². The zero-order chi connectivity index (χ0) is 15.8. The fraction of sp³-hybridized carbons (Fsp3) is 0.235. The first-order valence-corrected chi connectivity index (χ1v) is 7.15.